The number of carbonyl (C=O) groups is 2. The molecule has 2 saturated heterocycles. The van der Waals surface area contributed by atoms with Gasteiger partial charge in [-0.25, -0.2) is 0 Å². The van der Waals surface area contributed by atoms with Crippen molar-refractivity contribution in [2.45, 2.75) is 74.3 Å². The molecule has 2 heterocycles. The zero-order valence-corrected chi connectivity index (χ0v) is 42.4. The van der Waals surface area contributed by atoms with Crippen molar-refractivity contribution in [1.29, 1.82) is 0 Å². The molecule has 13 heteroatoms. The molecular formula is C64H58O13. The van der Waals surface area contributed by atoms with Crippen LogP contribution in [-0.2, 0) is 23.8 Å². The van der Waals surface area contributed by atoms with Gasteiger partial charge in [0.05, 0.1) is 0 Å². The van der Waals surface area contributed by atoms with Crippen LogP contribution in [-0.4, -0.2) is 85.2 Å². The Hall–Kier alpha value is -8.62. The van der Waals surface area contributed by atoms with E-state index in [0.29, 0.717) is 46.0 Å². The number of para-hydroxylation sites is 8. The van der Waals surface area contributed by atoms with Crippen LogP contribution in [0.3, 0.4) is 0 Å². The molecule has 77 heavy (non-hydrogen) atoms. The van der Waals surface area contributed by atoms with Crippen molar-refractivity contribution in [3.05, 3.63) is 243 Å². The second-order valence-electron chi connectivity index (χ2n) is 18.4. The maximum atomic E-state index is 15.6. The van der Waals surface area contributed by atoms with Gasteiger partial charge in [0.25, 0.3) is 5.79 Å². The number of hydrogen-bond acceptors (Lipinski definition) is 13. The van der Waals surface area contributed by atoms with Crippen LogP contribution in [0.4, 0.5) is 0 Å². The molecule has 392 valence electrons. The average molecular weight is 1040 g/mol. The van der Waals surface area contributed by atoms with E-state index in [-0.39, 0.29) is 13.2 Å². The Bertz CT molecular complexity index is 3070. The number of benzene rings is 8. The summed E-state index contributed by atoms with van der Waals surface area (Å²) in [7, 11) is 0. The highest BCUT2D eigenvalue weighted by Crippen LogP contribution is 2.45. The molecule has 2 fully saturated rings. The summed E-state index contributed by atoms with van der Waals surface area (Å²) in [4.78, 5) is 30.5. The molecule has 8 aromatic carbocycles. The molecule has 2 unspecified atom stereocenters. The monoisotopic (exact) mass is 1030 g/mol. The average Bonchev–Trinajstić information content (AvgIpc) is 3.47. The smallest absolute Gasteiger partial charge is 0.312 e. The van der Waals surface area contributed by atoms with Crippen LogP contribution >= 0.6 is 0 Å². The lowest BCUT2D eigenvalue weighted by atomic mass is 9.86. The molecule has 0 amide bonds. The number of ether oxygens (including phenoxy) is 11. The van der Waals surface area contributed by atoms with Crippen LogP contribution in [0.1, 0.15) is 13.8 Å². The largest absolute Gasteiger partial charge is 0.491 e. The van der Waals surface area contributed by atoms with Gasteiger partial charge in [-0.1, -0.05) is 146 Å². The van der Waals surface area contributed by atoms with Gasteiger partial charge < -0.3 is 52.1 Å². The van der Waals surface area contributed by atoms with Crippen molar-refractivity contribution in [3.8, 4) is 46.0 Å². The van der Waals surface area contributed by atoms with Gasteiger partial charge in [0.1, 0.15) is 77.5 Å². The van der Waals surface area contributed by atoms with E-state index in [1.807, 2.05) is 146 Å². The lowest BCUT2D eigenvalue weighted by Crippen LogP contribution is -2.78. The van der Waals surface area contributed by atoms with E-state index >= 15 is 4.79 Å². The zero-order valence-electron chi connectivity index (χ0n) is 42.4. The Morgan fingerprint density at radius 1 is 0.338 bits per heavy atom. The second-order valence-corrected chi connectivity index (χ2v) is 18.4. The molecule has 10 rings (SSSR count). The Labute approximate surface area is 447 Å². The first-order chi connectivity index (χ1) is 37.8. The summed E-state index contributed by atoms with van der Waals surface area (Å²) in [6.07, 6.45) is -10.6. The molecule has 2 aliphatic heterocycles. The highest BCUT2D eigenvalue weighted by Gasteiger charge is 2.69. The molecule has 0 saturated carbocycles. The third-order valence-electron chi connectivity index (χ3n) is 13.1. The second kappa shape index (κ2) is 24.4. The predicted molar refractivity (Wildman–Crippen MR) is 287 cm³/mol. The molecule has 13 nitrogen and oxygen atoms in total. The maximum absolute atomic E-state index is 15.6. The fourth-order valence-corrected chi connectivity index (χ4v) is 9.42. The van der Waals surface area contributed by atoms with Crippen LogP contribution in [0, 0.1) is 0 Å². The summed E-state index contributed by atoms with van der Waals surface area (Å²) in [5.41, 5.74) is 0. The molecule has 0 N–H and O–H groups in total. The van der Waals surface area contributed by atoms with Crippen LogP contribution in [0.5, 0.6) is 46.0 Å². The number of carbonyl (C=O) groups excluding carboxylic acids is 2. The zero-order chi connectivity index (χ0) is 52.9. The minimum absolute atomic E-state index is 0.170. The Morgan fingerprint density at radius 3 is 0.974 bits per heavy atom. The SMILES string of the molecule is CC(=O)C1(O[C@H]2[C@H](Oc3ccccc3)[C@@H](Oc3ccccc3)C(Oc3ccccc3)(C(C)=O)O[C@@H]2COc2ccccc2)O[C@H](COc2ccccc2)[C@H](Oc2ccccc2)[C@H](Oc2ccccc2)[C@H]1Oc1ccccc1. The topological polar surface area (TPSA) is 136 Å². The molecule has 0 aliphatic carbocycles. The van der Waals surface area contributed by atoms with Gasteiger partial charge in [0.15, 0.2) is 24.1 Å². The lowest BCUT2D eigenvalue weighted by molar-refractivity contribution is -0.382. The minimum atomic E-state index is -2.46. The Balaban J connectivity index is 1.19. The van der Waals surface area contributed by atoms with Crippen molar-refractivity contribution >= 4 is 11.6 Å². The van der Waals surface area contributed by atoms with Crippen molar-refractivity contribution in [3.63, 3.8) is 0 Å². The van der Waals surface area contributed by atoms with E-state index < -0.39 is 72.0 Å². The van der Waals surface area contributed by atoms with E-state index in [1.165, 1.54) is 13.8 Å². The predicted octanol–water partition coefficient (Wildman–Crippen LogP) is 11.2. The molecule has 10 atom stereocenters. The van der Waals surface area contributed by atoms with Crippen molar-refractivity contribution in [1.82, 2.24) is 0 Å². The summed E-state index contributed by atoms with van der Waals surface area (Å²) in [5.74, 6) is -2.64. The van der Waals surface area contributed by atoms with Crippen molar-refractivity contribution < 1.29 is 61.7 Å². The van der Waals surface area contributed by atoms with Crippen LogP contribution < -0.4 is 37.9 Å². The molecule has 0 radical (unpaired) electrons. The fourth-order valence-electron chi connectivity index (χ4n) is 9.42. The van der Waals surface area contributed by atoms with Crippen molar-refractivity contribution in [2.24, 2.45) is 0 Å². The van der Waals surface area contributed by atoms with E-state index in [2.05, 4.69) is 0 Å². The number of Topliss-reactive ketones (excluding diaryl/α,β-unsaturated/α-hetero) is 2. The highest BCUT2D eigenvalue weighted by molar-refractivity contribution is 5.86. The van der Waals surface area contributed by atoms with Gasteiger partial charge in [0, 0.05) is 13.8 Å². The van der Waals surface area contributed by atoms with Gasteiger partial charge in [-0.3, -0.25) is 9.59 Å². The summed E-state index contributed by atoms with van der Waals surface area (Å²) in [5, 5.41) is 0. The first kappa shape index (κ1) is 51.8. The molecular weight excluding hydrogens is 977 g/mol. The summed E-state index contributed by atoms with van der Waals surface area (Å²) in [6, 6.07) is 72.5. The van der Waals surface area contributed by atoms with Crippen LogP contribution in [0.2, 0.25) is 0 Å². The van der Waals surface area contributed by atoms with E-state index in [0.717, 1.165) is 0 Å². The van der Waals surface area contributed by atoms with Gasteiger partial charge >= 0.3 is 5.79 Å². The molecule has 0 spiro atoms. The van der Waals surface area contributed by atoms with E-state index in [9.17, 15) is 4.79 Å². The van der Waals surface area contributed by atoms with Crippen LogP contribution in [0.25, 0.3) is 0 Å². The number of hydrogen-bond donors (Lipinski definition) is 0. The standard InChI is InChI=1S/C64H58O13/c1-45(65)63(74-54-41-25-10-26-42-54)62(73-53-39-23-9-24-40-53)60(71-51-35-19-7-20-36-51)58(56(76-63)44-68-48-29-13-4-14-30-48)77-64(46(2)66)61(72-52-37-21-8-22-38-52)59(70-50-33-17-6-18-34-50)57(69-49-31-15-5-16-32-49)55(75-64)43-67-47-27-11-3-12-28-47/h3-42,55-62H,43-44H2,1-2H3/t55-,56-,57+,58-,59+,60+,61-,62-,63?,64?/m1/s1. The Kier molecular flexibility index (Phi) is 16.4. The van der Waals surface area contributed by atoms with Gasteiger partial charge in [0.2, 0.25) is 18.0 Å². The number of ketones is 2. The Morgan fingerprint density at radius 2 is 0.610 bits per heavy atom. The highest BCUT2D eigenvalue weighted by atomic mass is 16.8. The minimum Gasteiger partial charge on any atom is -0.491 e. The third-order valence-corrected chi connectivity index (χ3v) is 13.1. The van der Waals surface area contributed by atoms with Gasteiger partial charge in [-0.15, -0.1) is 0 Å². The lowest BCUT2D eigenvalue weighted by Gasteiger charge is -2.55. The van der Waals surface area contributed by atoms with E-state index in [1.54, 1.807) is 97.1 Å². The maximum Gasteiger partial charge on any atom is 0.312 e. The molecule has 8 aromatic rings. The fraction of sp³-hybridized carbons (Fsp3) is 0.219. The molecule has 0 bridgehead atoms. The van der Waals surface area contributed by atoms with Crippen LogP contribution in [0.15, 0.2) is 243 Å². The summed E-state index contributed by atoms with van der Waals surface area (Å²) >= 11 is 0. The molecule has 2 aliphatic rings. The number of rotatable bonds is 22. The van der Waals surface area contributed by atoms with Gasteiger partial charge in [-0.2, -0.15) is 0 Å². The quantitative estimate of drug-likeness (QED) is 0.0638. The van der Waals surface area contributed by atoms with Crippen molar-refractivity contribution in [2.75, 3.05) is 13.2 Å². The summed E-state index contributed by atoms with van der Waals surface area (Å²) in [6.45, 7) is 2.27. The normalized spacial score (nSPS) is 24.8. The van der Waals surface area contributed by atoms with E-state index in [4.69, 9.17) is 52.1 Å². The third kappa shape index (κ3) is 12.2. The first-order valence-electron chi connectivity index (χ1n) is 25.5. The molecule has 0 aromatic heterocycles. The first-order valence-corrected chi connectivity index (χ1v) is 25.5. The summed E-state index contributed by atoms with van der Waals surface area (Å²) < 4.78 is 77.3. The van der Waals surface area contributed by atoms with Gasteiger partial charge in [-0.05, 0) is 97.1 Å².